The molecule has 0 fully saturated rings. The van der Waals surface area contributed by atoms with Crippen molar-refractivity contribution in [2.75, 3.05) is 0 Å². The van der Waals surface area contributed by atoms with E-state index in [-0.39, 0.29) is 19.2 Å². The highest BCUT2D eigenvalue weighted by Crippen LogP contribution is 2.09. The zero-order valence-electron chi connectivity index (χ0n) is 11.4. The average Bonchev–Trinajstić information content (AvgIpc) is 2.40. The molecule has 98 valence electrons. The topological polar surface area (TPSA) is 43.1 Å². The van der Waals surface area contributed by atoms with E-state index in [1.807, 2.05) is 58.0 Å². The maximum Gasteiger partial charge on any atom is 0.152 e. The van der Waals surface area contributed by atoms with Crippen LogP contribution < -0.4 is 5.73 Å². The summed E-state index contributed by atoms with van der Waals surface area (Å²) in [4.78, 5) is 11.8. The van der Waals surface area contributed by atoms with E-state index in [4.69, 9.17) is 5.73 Å². The summed E-state index contributed by atoms with van der Waals surface area (Å²) in [5.74, 6) is 0.241. The molecule has 1 aromatic rings. The minimum atomic E-state index is -0.359. The summed E-state index contributed by atoms with van der Waals surface area (Å²) in [7, 11) is 0. The van der Waals surface area contributed by atoms with Crippen LogP contribution in [0.1, 0.15) is 41.1 Å². The van der Waals surface area contributed by atoms with E-state index >= 15 is 0 Å². The Kier molecular flexibility index (Phi) is 8.34. The van der Waals surface area contributed by atoms with E-state index in [0.29, 0.717) is 6.42 Å². The molecule has 0 amide bonds. The van der Waals surface area contributed by atoms with Crippen molar-refractivity contribution in [2.24, 2.45) is 11.7 Å². The molecule has 0 aliphatic rings. The van der Waals surface area contributed by atoms with Crippen LogP contribution in [0.5, 0.6) is 0 Å². The molecule has 0 bridgehead atoms. The van der Waals surface area contributed by atoms with Crippen LogP contribution in [0.4, 0.5) is 0 Å². The van der Waals surface area contributed by atoms with Crippen molar-refractivity contribution in [3.63, 3.8) is 0 Å². The van der Waals surface area contributed by atoms with Gasteiger partial charge in [-0.25, -0.2) is 0 Å². The summed E-state index contributed by atoms with van der Waals surface area (Å²) < 4.78 is 0. The standard InChI is InChI=1S/C13H19NO.C2H6.H2/c1-3-10(2)13(15)12(14)9-11-7-5-4-6-8-11;1-2;/h4-8,10,12H,3,9,14H2,1-2H3;1-2H3;1H. The largest absolute Gasteiger partial charge is 0.321 e. The lowest BCUT2D eigenvalue weighted by Gasteiger charge is -2.14. The number of hydrogen-bond acceptors (Lipinski definition) is 2. The van der Waals surface area contributed by atoms with Gasteiger partial charge in [0.1, 0.15) is 0 Å². The molecule has 0 heterocycles. The number of rotatable bonds is 5. The summed E-state index contributed by atoms with van der Waals surface area (Å²) >= 11 is 0. The Morgan fingerprint density at radius 2 is 1.82 bits per heavy atom. The number of hydrogen-bond donors (Lipinski definition) is 1. The van der Waals surface area contributed by atoms with Crippen molar-refractivity contribution in [1.82, 2.24) is 0 Å². The molecule has 0 saturated carbocycles. The predicted octanol–water partition coefficient (Wildman–Crippen LogP) is 3.44. The second-order valence-electron chi connectivity index (χ2n) is 4.01. The zero-order valence-corrected chi connectivity index (χ0v) is 11.4. The SMILES string of the molecule is CC.CCC(C)C(=O)C(N)Cc1ccccc1.[HH]. The van der Waals surface area contributed by atoms with Crippen LogP contribution >= 0.6 is 0 Å². The first kappa shape index (κ1) is 15.9. The monoisotopic (exact) mass is 237 g/mol. The molecule has 0 radical (unpaired) electrons. The average molecular weight is 237 g/mol. The van der Waals surface area contributed by atoms with E-state index in [2.05, 4.69) is 0 Å². The van der Waals surface area contributed by atoms with E-state index < -0.39 is 0 Å². The molecule has 1 aromatic carbocycles. The molecule has 2 atom stereocenters. The molecular formula is C15H27NO. The molecule has 0 aromatic heterocycles. The Balaban J connectivity index is 0. The van der Waals surface area contributed by atoms with Gasteiger partial charge < -0.3 is 5.73 Å². The van der Waals surface area contributed by atoms with Crippen LogP contribution in [0.2, 0.25) is 0 Å². The Morgan fingerprint density at radius 3 is 2.29 bits per heavy atom. The Bertz CT molecular complexity index is 314. The Labute approximate surface area is 107 Å². The summed E-state index contributed by atoms with van der Waals surface area (Å²) in [5, 5.41) is 0. The minimum absolute atomic E-state index is 0. The van der Waals surface area contributed by atoms with Crippen LogP contribution in [0, 0.1) is 5.92 Å². The number of Topliss-reactive ketones (excluding diaryl/α,β-unsaturated/α-hetero) is 1. The van der Waals surface area contributed by atoms with Crippen molar-refractivity contribution in [2.45, 2.75) is 46.6 Å². The molecule has 0 spiro atoms. The molecular weight excluding hydrogens is 210 g/mol. The van der Waals surface area contributed by atoms with Gasteiger partial charge in [0, 0.05) is 7.34 Å². The molecule has 2 nitrogen and oxygen atoms in total. The van der Waals surface area contributed by atoms with Gasteiger partial charge in [0.2, 0.25) is 0 Å². The van der Waals surface area contributed by atoms with Crippen molar-refractivity contribution in [3.8, 4) is 0 Å². The van der Waals surface area contributed by atoms with Gasteiger partial charge in [-0.2, -0.15) is 0 Å². The summed E-state index contributed by atoms with van der Waals surface area (Å²) in [6.07, 6.45) is 1.51. The summed E-state index contributed by atoms with van der Waals surface area (Å²) in [5.41, 5.74) is 7.00. The number of carbonyl (C=O) groups is 1. The summed E-state index contributed by atoms with van der Waals surface area (Å²) in [6.45, 7) is 7.95. The van der Waals surface area contributed by atoms with Crippen molar-refractivity contribution in [3.05, 3.63) is 35.9 Å². The Hall–Kier alpha value is -1.15. The molecule has 2 heteroatoms. The van der Waals surface area contributed by atoms with E-state index in [1.165, 1.54) is 0 Å². The highest BCUT2D eigenvalue weighted by atomic mass is 16.1. The number of ketones is 1. The lowest BCUT2D eigenvalue weighted by Crippen LogP contribution is -2.36. The van der Waals surface area contributed by atoms with Gasteiger partial charge in [0.25, 0.3) is 0 Å². The molecule has 17 heavy (non-hydrogen) atoms. The predicted molar refractivity (Wildman–Crippen MR) is 76.0 cm³/mol. The van der Waals surface area contributed by atoms with Gasteiger partial charge in [-0.05, 0) is 18.4 Å². The fourth-order valence-electron chi connectivity index (χ4n) is 1.54. The van der Waals surface area contributed by atoms with E-state index in [1.54, 1.807) is 0 Å². The zero-order chi connectivity index (χ0) is 13.3. The van der Waals surface area contributed by atoms with E-state index in [0.717, 1.165) is 12.0 Å². The number of carbonyl (C=O) groups excluding carboxylic acids is 1. The van der Waals surface area contributed by atoms with Crippen LogP contribution in [-0.4, -0.2) is 11.8 Å². The Morgan fingerprint density at radius 1 is 1.29 bits per heavy atom. The molecule has 2 N–H and O–H groups in total. The lowest BCUT2D eigenvalue weighted by atomic mass is 9.94. The highest BCUT2D eigenvalue weighted by molar-refractivity contribution is 5.86. The fraction of sp³-hybridized carbons (Fsp3) is 0.533. The second-order valence-corrected chi connectivity index (χ2v) is 4.01. The van der Waals surface area contributed by atoms with Gasteiger partial charge in [0.15, 0.2) is 5.78 Å². The first-order valence-corrected chi connectivity index (χ1v) is 6.48. The fourth-order valence-corrected chi connectivity index (χ4v) is 1.54. The van der Waals surface area contributed by atoms with Crippen LogP contribution in [-0.2, 0) is 11.2 Å². The maximum absolute atomic E-state index is 11.8. The van der Waals surface area contributed by atoms with Crippen molar-refractivity contribution < 1.29 is 6.22 Å². The lowest BCUT2D eigenvalue weighted by molar-refractivity contribution is -0.123. The maximum atomic E-state index is 11.8. The van der Waals surface area contributed by atoms with Crippen LogP contribution in [0.25, 0.3) is 0 Å². The second kappa shape index (κ2) is 8.94. The smallest absolute Gasteiger partial charge is 0.152 e. The van der Waals surface area contributed by atoms with Gasteiger partial charge in [-0.15, -0.1) is 0 Å². The summed E-state index contributed by atoms with van der Waals surface area (Å²) in [6, 6.07) is 9.55. The van der Waals surface area contributed by atoms with Crippen molar-refractivity contribution >= 4 is 5.78 Å². The third-order valence-electron chi connectivity index (χ3n) is 2.76. The van der Waals surface area contributed by atoms with Gasteiger partial charge in [-0.1, -0.05) is 58.0 Å². The van der Waals surface area contributed by atoms with Crippen molar-refractivity contribution in [1.29, 1.82) is 0 Å². The van der Waals surface area contributed by atoms with E-state index in [9.17, 15) is 4.79 Å². The molecule has 0 aliphatic heterocycles. The third kappa shape index (κ3) is 5.64. The quantitative estimate of drug-likeness (QED) is 0.852. The highest BCUT2D eigenvalue weighted by Gasteiger charge is 2.18. The molecule has 1 rings (SSSR count). The van der Waals surface area contributed by atoms with Crippen LogP contribution in [0.3, 0.4) is 0 Å². The minimum Gasteiger partial charge on any atom is -0.321 e. The van der Waals surface area contributed by atoms with Gasteiger partial charge >= 0.3 is 0 Å². The normalized spacial score (nSPS) is 13.2. The molecule has 2 unspecified atom stereocenters. The first-order valence-electron chi connectivity index (χ1n) is 6.48. The third-order valence-corrected chi connectivity index (χ3v) is 2.76. The number of benzene rings is 1. The first-order chi connectivity index (χ1) is 8.15. The van der Waals surface area contributed by atoms with Gasteiger partial charge in [0.05, 0.1) is 6.04 Å². The number of nitrogens with two attached hydrogens (primary N) is 1. The molecule has 0 saturated heterocycles. The molecule has 0 aliphatic carbocycles. The van der Waals surface area contributed by atoms with Gasteiger partial charge in [-0.3, -0.25) is 4.79 Å². The van der Waals surface area contributed by atoms with Crippen LogP contribution in [0.15, 0.2) is 30.3 Å².